The Morgan fingerprint density at radius 1 is 1.45 bits per heavy atom. The Hall–Kier alpha value is -0.0500. The lowest BCUT2D eigenvalue weighted by atomic mass is 10.2. The van der Waals surface area contributed by atoms with Crippen molar-refractivity contribution < 1.29 is 8.42 Å². The quantitative estimate of drug-likeness (QED) is 0.592. The highest BCUT2D eigenvalue weighted by Crippen LogP contribution is 2.32. The van der Waals surface area contributed by atoms with E-state index < -0.39 is 9.84 Å². The summed E-state index contributed by atoms with van der Waals surface area (Å²) >= 11 is 0. The third kappa shape index (κ3) is 5.24. The van der Waals surface area contributed by atoms with Crippen LogP contribution < -0.4 is 0 Å². The van der Waals surface area contributed by atoms with Gasteiger partial charge in [0, 0.05) is 12.0 Å². The van der Waals surface area contributed by atoms with Gasteiger partial charge in [0.05, 0.1) is 0 Å². The lowest BCUT2D eigenvalue weighted by Crippen LogP contribution is -2.02. The van der Waals surface area contributed by atoms with E-state index in [-0.39, 0.29) is 0 Å². The largest absolute Gasteiger partial charge is 0.229 e. The van der Waals surface area contributed by atoms with Gasteiger partial charge in [0.1, 0.15) is 9.84 Å². The van der Waals surface area contributed by atoms with E-state index in [0.717, 1.165) is 18.8 Å². The monoisotopic (exact) mass is 175 g/mol. The van der Waals surface area contributed by atoms with Crippen LogP contribution in [-0.4, -0.2) is 20.4 Å². The van der Waals surface area contributed by atoms with Crippen LogP contribution in [0.4, 0.5) is 0 Å². The zero-order chi connectivity index (χ0) is 8.32. The summed E-state index contributed by atoms with van der Waals surface area (Å²) in [4.78, 5) is 0. The molecule has 11 heavy (non-hydrogen) atoms. The second-order valence-corrected chi connectivity index (χ2v) is 5.62. The van der Waals surface area contributed by atoms with Crippen LogP contribution in [-0.2, 0) is 9.84 Å². The maximum Gasteiger partial charge on any atom is 0.147 e. The fourth-order valence-electron chi connectivity index (χ4n) is 1.10. The molecule has 0 heterocycles. The summed E-state index contributed by atoms with van der Waals surface area (Å²) in [6.07, 6.45) is 7.92. The minimum absolute atomic E-state index is 0.361. The average molecular weight is 175 g/mol. The fraction of sp³-hybridized carbons (Fsp3) is 0.875. The summed E-state index contributed by atoms with van der Waals surface area (Å²) in [6, 6.07) is 0. The second kappa shape index (κ2) is 3.57. The predicted molar refractivity (Wildman–Crippen MR) is 46.0 cm³/mol. The Morgan fingerprint density at radius 2 is 2.09 bits per heavy atom. The van der Waals surface area contributed by atoms with E-state index in [1.807, 2.05) is 0 Å². The van der Waals surface area contributed by atoms with E-state index >= 15 is 0 Å². The van der Waals surface area contributed by atoms with Crippen LogP contribution in [0.15, 0.2) is 0 Å². The van der Waals surface area contributed by atoms with E-state index in [4.69, 9.17) is 0 Å². The van der Waals surface area contributed by atoms with Gasteiger partial charge in [-0.15, -0.1) is 0 Å². The predicted octanol–water partition coefficient (Wildman–Crippen LogP) is 1.43. The summed E-state index contributed by atoms with van der Waals surface area (Å²) in [5, 5.41) is 0. The van der Waals surface area contributed by atoms with Crippen LogP contribution in [0.1, 0.15) is 25.7 Å². The number of sulfone groups is 1. The molecule has 0 aromatic rings. The molecule has 0 saturated heterocycles. The zero-order valence-electron chi connectivity index (χ0n) is 6.91. The standard InChI is InChI=1S/C8H15O2S/c1-11(9,10)7-3-2-4-8-5-6-8/h5,8H,2-4,6-7H2,1H3. The molecule has 1 rings (SSSR count). The smallest absolute Gasteiger partial charge is 0.147 e. The van der Waals surface area contributed by atoms with E-state index in [1.54, 1.807) is 0 Å². The molecule has 0 bridgehead atoms. The molecule has 1 unspecified atom stereocenters. The molecule has 0 aliphatic heterocycles. The lowest BCUT2D eigenvalue weighted by molar-refractivity contribution is 0.592. The summed E-state index contributed by atoms with van der Waals surface area (Å²) in [5.74, 6) is 1.18. The summed E-state index contributed by atoms with van der Waals surface area (Å²) < 4.78 is 21.4. The molecule has 0 N–H and O–H groups in total. The van der Waals surface area contributed by atoms with Crippen molar-refractivity contribution in [1.29, 1.82) is 0 Å². The van der Waals surface area contributed by atoms with Gasteiger partial charge in [-0.1, -0.05) is 12.8 Å². The van der Waals surface area contributed by atoms with Crippen molar-refractivity contribution in [2.45, 2.75) is 25.7 Å². The second-order valence-electron chi connectivity index (χ2n) is 3.36. The Balaban J connectivity index is 1.95. The van der Waals surface area contributed by atoms with Crippen molar-refractivity contribution in [2.24, 2.45) is 5.92 Å². The Kier molecular flexibility index (Phi) is 2.93. The van der Waals surface area contributed by atoms with Gasteiger partial charge < -0.3 is 0 Å². The van der Waals surface area contributed by atoms with Gasteiger partial charge in [0.25, 0.3) is 0 Å². The third-order valence-corrected chi connectivity index (χ3v) is 2.94. The first kappa shape index (κ1) is 9.04. The van der Waals surface area contributed by atoms with Crippen LogP contribution in [0.2, 0.25) is 0 Å². The molecule has 0 spiro atoms. The highest BCUT2D eigenvalue weighted by molar-refractivity contribution is 7.90. The van der Waals surface area contributed by atoms with Gasteiger partial charge in [0.15, 0.2) is 0 Å². The van der Waals surface area contributed by atoms with Crippen molar-refractivity contribution in [2.75, 3.05) is 12.0 Å². The minimum Gasteiger partial charge on any atom is -0.229 e. The van der Waals surface area contributed by atoms with E-state index in [1.165, 1.54) is 19.1 Å². The average Bonchev–Trinajstić information content (AvgIpc) is 2.60. The molecule has 0 amide bonds. The van der Waals surface area contributed by atoms with Crippen molar-refractivity contribution in [1.82, 2.24) is 0 Å². The molecule has 1 radical (unpaired) electrons. The minimum atomic E-state index is -2.71. The van der Waals surface area contributed by atoms with Crippen molar-refractivity contribution >= 4 is 9.84 Å². The van der Waals surface area contributed by atoms with Gasteiger partial charge >= 0.3 is 0 Å². The molecule has 0 aromatic heterocycles. The van der Waals surface area contributed by atoms with Gasteiger partial charge in [0.2, 0.25) is 0 Å². The SMILES string of the molecule is CS(=O)(=O)CCCCC1[CH]C1. The molecule has 3 heteroatoms. The first-order chi connectivity index (χ1) is 5.08. The normalized spacial score (nSPS) is 18.6. The highest BCUT2D eigenvalue weighted by Gasteiger charge is 2.20. The topological polar surface area (TPSA) is 34.1 Å². The first-order valence-corrected chi connectivity index (χ1v) is 6.15. The molecular formula is C8H15O2S. The van der Waals surface area contributed by atoms with Gasteiger partial charge in [-0.25, -0.2) is 8.42 Å². The summed E-state index contributed by atoms with van der Waals surface area (Å²) in [7, 11) is -2.71. The van der Waals surface area contributed by atoms with Crippen LogP contribution in [0.25, 0.3) is 0 Å². The van der Waals surface area contributed by atoms with Crippen LogP contribution >= 0.6 is 0 Å². The maximum absolute atomic E-state index is 10.7. The van der Waals surface area contributed by atoms with Crippen LogP contribution in [0.3, 0.4) is 0 Å². The molecule has 65 valence electrons. The number of rotatable bonds is 5. The molecular weight excluding hydrogens is 160 g/mol. The Morgan fingerprint density at radius 3 is 2.55 bits per heavy atom. The van der Waals surface area contributed by atoms with E-state index in [0.29, 0.717) is 5.75 Å². The van der Waals surface area contributed by atoms with E-state index in [2.05, 4.69) is 6.42 Å². The van der Waals surface area contributed by atoms with Crippen molar-refractivity contribution in [3.8, 4) is 0 Å². The molecule has 1 fully saturated rings. The molecule has 1 aliphatic rings. The summed E-state index contributed by atoms with van der Waals surface area (Å²) in [6.45, 7) is 0. The molecule has 1 aliphatic carbocycles. The van der Waals surface area contributed by atoms with Gasteiger partial charge in [-0.05, 0) is 25.2 Å². The highest BCUT2D eigenvalue weighted by atomic mass is 32.2. The Labute approximate surface area is 68.9 Å². The van der Waals surface area contributed by atoms with Crippen molar-refractivity contribution in [3.63, 3.8) is 0 Å². The van der Waals surface area contributed by atoms with Crippen molar-refractivity contribution in [3.05, 3.63) is 6.42 Å². The van der Waals surface area contributed by atoms with E-state index in [9.17, 15) is 8.42 Å². The molecule has 1 atom stereocenters. The molecule has 2 nitrogen and oxygen atoms in total. The van der Waals surface area contributed by atoms with Gasteiger partial charge in [-0.3, -0.25) is 0 Å². The first-order valence-electron chi connectivity index (χ1n) is 4.09. The molecule has 0 aromatic carbocycles. The van der Waals surface area contributed by atoms with Gasteiger partial charge in [-0.2, -0.15) is 0 Å². The maximum atomic E-state index is 10.7. The molecule has 1 saturated carbocycles. The lowest BCUT2D eigenvalue weighted by Gasteiger charge is -1.97. The van der Waals surface area contributed by atoms with Crippen LogP contribution in [0, 0.1) is 12.3 Å². The van der Waals surface area contributed by atoms with Crippen LogP contribution in [0.5, 0.6) is 0 Å². The number of hydrogen-bond acceptors (Lipinski definition) is 2. The number of hydrogen-bond donors (Lipinski definition) is 0. The number of unbranched alkanes of at least 4 members (excludes halogenated alkanes) is 1. The Bertz CT molecular complexity index is 202. The zero-order valence-corrected chi connectivity index (χ0v) is 7.73. The third-order valence-electron chi connectivity index (χ3n) is 1.91. The fourth-order valence-corrected chi connectivity index (χ4v) is 1.83. The summed E-state index contributed by atoms with van der Waals surface area (Å²) in [5.41, 5.74) is 0.